The van der Waals surface area contributed by atoms with E-state index in [0.717, 1.165) is 17.2 Å². The van der Waals surface area contributed by atoms with E-state index in [0.29, 0.717) is 5.69 Å². The third-order valence-corrected chi connectivity index (χ3v) is 3.62. The minimum absolute atomic E-state index is 0.00114. The second-order valence-corrected chi connectivity index (χ2v) is 5.32. The van der Waals surface area contributed by atoms with Gasteiger partial charge in [-0.1, -0.05) is 12.1 Å². The summed E-state index contributed by atoms with van der Waals surface area (Å²) in [5.74, 6) is -1.29. The lowest BCUT2D eigenvalue weighted by molar-refractivity contribution is -0.384. The molecule has 0 aliphatic rings. The van der Waals surface area contributed by atoms with Crippen molar-refractivity contribution < 1.29 is 19.2 Å². The van der Waals surface area contributed by atoms with Gasteiger partial charge in [-0.2, -0.15) is 0 Å². The zero-order valence-electron chi connectivity index (χ0n) is 13.5. The Labute approximate surface area is 138 Å². The Morgan fingerprint density at radius 1 is 1.33 bits per heavy atom. The predicted molar refractivity (Wildman–Crippen MR) is 86.9 cm³/mol. The van der Waals surface area contributed by atoms with Crippen LogP contribution in [0, 0.1) is 24.0 Å². The van der Waals surface area contributed by atoms with E-state index in [1.165, 1.54) is 17.8 Å². The van der Waals surface area contributed by atoms with Gasteiger partial charge in [-0.3, -0.25) is 14.9 Å². The maximum absolute atomic E-state index is 11.9. The number of nitrogens with zero attached hydrogens (tertiary/aromatic N) is 2. The number of anilines is 1. The lowest BCUT2D eigenvalue weighted by atomic mass is 10.1. The molecule has 8 nitrogen and oxygen atoms in total. The number of aryl methyl sites for hydroxylation is 2. The van der Waals surface area contributed by atoms with Crippen molar-refractivity contribution in [3.8, 4) is 0 Å². The average molecular weight is 331 g/mol. The van der Waals surface area contributed by atoms with Gasteiger partial charge in [-0.05, 0) is 31.0 Å². The first-order valence-corrected chi connectivity index (χ1v) is 7.13. The molecule has 0 radical (unpaired) electrons. The maximum Gasteiger partial charge on any atom is 0.355 e. The highest BCUT2D eigenvalue weighted by Crippen LogP contribution is 2.18. The molecule has 24 heavy (non-hydrogen) atoms. The Kier molecular flexibility index (Phi) is 4.98. The monoisotopic (exact) mass is 331 g/mol. The van der Waals surface area contributed by atoms with E-state index in [9.17, 15) is 19.7 Å². The summed E-state index contributed by atoms with van der Waals surface area (Å²) in [6.07, 6.45) is 1.20. The van der Waals surface area contributed by atoms with Gasteiger partial charge in [0.15, 0.2) is 6.61 Å². The highest BCUT2D eigenvalue weighted by molar-refractivity contribution is 5.95. The third kappa shape index (κ3) is 3.78. The van der Waals surface area contributed by atoms with Gasteiger partial charge in [0, 0.05) is 18.8 Å². The van der Waals surface area contributed by atoms with Crippen LogP contribution in [0.25, 0.3) is 0 Å². The largest absolute Gasteiger partial charge is 0.451 e. The molecule has 1 aromatic carbocycles. The van der Waals surface area contributed by atoms with Crippen LogP contribution < -0.4 is 5.32 Å². The molecule has 0 aliphatic heterocycles. The van der Waals surface area contributed by atoms with E-state index in [-0.39, 0.29) is 11.4 Å². The number of nitro groups is 1. The highest BCUT2D eigenvalue weighted by atomic mass is 16.6. The van der Waals surface area contributed by atoms with Crippen LogP contribution in [0.1, 0.15) is 21.6 Å². The van der Waals surface area contributed by atoms with Crippen molar-refractivity contribution in [3.63, 3.8) is 0 Å². The van der Waals surface area contributed by atoms with Gasteiger partial charge in [0.2, 0.25) is 0 Å². The SMILES string of the molecule is Cc1cccc(NC(=O)COC(=O)c2cc([N+](=O)[O-])cn2C)c1C. The van der Waals surface area contributed by atoms with Gasteiger partial charge in [0.25, 0.3) is 11.6 Å². The summed E-state index contributed by atoms with van der Waals surface area (Å²) >= 11 is 0. The van der Waals surface area contributed by atoms with Gasteiger partial charge >= 0.3 is 5.97 Å². The van der Waals surface area contributed by atoms with Crippen LogP contribution in [-0.2, 0) is 16.6 Å². The molecule has 1 N–H and O–H groups in total. The van der Waals surface area contributed by atoms with E-state index >= 15 is 0 Å². The first kappa shape index (κ1) is 17.2. The molecule has 0 bridgehead atoms. The van der Waals surface area contributed by atoms with Crippen LogP contribution in [0.5, 0.6) is 0 Å². The third-order valence-electron chi connectivity index (χ3n) is 3.62. The quantitative estimate of drug-likeness (QED) is 0.514. The Balaban J connectivity index is 1.97. The molecule has 0 spiro atoms. The molecule has 1 aromatic heterocycles. The van der Waals surface area contributed by atoms with Crippen molar-refractivity contribution in [2.75, 3.05) is 11.9 Å². The molecule has 1 amide bonds. The van der Waals surface area contributed by atoms with Crippen molar-refractivity contribution in [2.24, 2.45) is 7.05 Å². The summed E-state index contributed by atoms with van der Waals surface area (Å²) in [4.78, 5) is 33.9. The molecule has 0 unspecified atom stereocenters. The minimum atomic E-state index is -0.804. The van der Waals surface area contributed by atoms with Crippen molar-refractivity contribution >= 4 is 23.3 Å². The summed E-state index contributed by atoms with van der Waals surface area (Å²) in [5, 5.41) is 13.4. The van der Waals surface area contributed by atoms with Gasteiger partial charge in [0.05, 0.1) is 11.1 Å². The van der Waals surface area contributed by atoms with Crippen LogP contribution in [0.15, 0.2) is 30.5 Å². The number of carbonyl (C=O) groups excluding carboxylic acids is 2. The molecule has 0 fully saturated rings. The van der Waals surface area contributed by atoms with Gasteiger partial charge in [-0.15, -0.1) is 0 Å². The van der Waals surface area contributed by atoms with Crippen molar-refractivity contribution in [2.45, 2.75) is 13.8 Å². The fourth-order valence-corrected chi connectivity index (χ4v) is 2.13. The van der Waals surface area contributed by atoms with Crippen LogP contribution in [0.2, 0.25) is 0 Å². The smallest absolute Gasteiger partial charge is 0.355 e. The number of hydrogen-bond acceptors (Lipinski definition) is 5. The Hall–Kier alpha value is -3.16. The number of esters is 1. The van der Waals surface area contributed by atoms with E-state index in [4.69, 9.17) is 4.74 Å². The zero-order chi connectivity index (χ0) is 17.9. The number of benzene rings is 1. The summed E-state index contributed by atoms with van der Waals surface area (Å²) in [6, 6.07) is 6.59. The molecule has 2 aromatic rings. The fraction of sp³-hybridized carbons (Fsp3) is 0.250. The number of nitrogens with one attached hydrogen (secondary N) is 1. The summed E-state index contributed by atoms with van der Waals surface area (Å²) in [6.45, 7) is 3.32. The lowest BCUT2D eigenvalue weighted by Crippen LogP contribution is -2.22. The van der Waals surface area contributed by atoms with E-state index in [2.05, 4.69) is 5.32 Å². The molecule has 2 rings (SSSR count). The Bertz CT molecular complexity index is 810. The molecule has 8 heteroatoms. The number of amides is 1. The first-order chi connectivity index (χ1) is 11.3. The number of carbonyl (C=O) groups is 2. The second kappa shape index (κ2) is 6.95. The lowest BCUT2D eigenvalue weighted by Gasteiger charge is -2.10. The molecule has 1 heterocycles. The second-order valence-electron chi connectivity index (χ2n) is 5.32. The summed E-state index contributed by atoms with van der Waals surface area (Å²) in [7, 11) is 1.49. The topological polar surface area (TPSA) is 103 Å². The van der Waals surface area contributed by atoms with Crippen LogP contribution >= 0.6 is 0 Å². The van der Waals surface area contributed by atoms with E-state index < -0.39 is 23.4 Å². The number of rotatable bonds is 5. The maximum atomic E-state index is 11.9. The molecule has 0 saturated heterocycles. The predicted octanol–water partition coefficient (Wildman–Crippen LogP) is 2.35. The Morgan fingerprint density at radius 3 is 2.67 bits per heavy atom. The van der Waals surface area contributed by atoms with Gasteiger partial charge in [0.1, 0.15) is 5.69 Å². The molecule has 126 valence electrons. The zero-order valence-corrected chi connectivity index (χ0v) is 13.5. The van der Waals surface area contributed by atoms with Crippen molar-refractivity contribution in [3.05, 3.63) is 57.4 Å². The van der Waals surface area contributed by atoms with E-state index in [1.807, 2.05) is 26.0 Å². The van der Waals surface area contributed by atoms with Crippen LogP contribution in [0.3, 0.4) is 0 Å². The van der Waals surface area contributed by atoms with E-state index in [1.54, 1.807) is 6.07 Å². The van der Waals surface area contributed by atoms with Gasteiger partial charge < -0.3 is 14.6 Å². The van der Waals surface area contributed by atoms with Crippen molar-refractivity contribution in [1.29, 1.82) is 0 Å². The molecule has 0 atom stereocenters. The molecule has 0 aliphatic carbocycles. The average Bonchev–Trinajstić information content (AvgIpc) is 2.92. The number of aromatic nitrogens is 1. The normalized spacial score (nSPS) is 10.3. The molecular formula is C16H17N3O5. The number of hydrogen-bond donors (Lipinski definition) is 1. The first-order valence-electron chi connectivity index (χ1n) is 7.13. The molecular weight excluding hydrogens is 314 g/mol. The van der Waals surface area contributed by atoms with Crippen LogP contribution in [0.4, 0.5) is 11.4 Å². The van der Waals surface area contributed by atoms with Gasteiger partial charge in [-0.25, -0.2) is 4.79 Å². The standard InChI is InChI=1S/C16H17N3O5/c1-10-5-4-6-13(11(10)2)17-15(20)9-24-16(21)14-7-12(19(22)23)8-18(14)3/h4-8H,9H2,1-3H3,(H,17,20). The fourth-order valence-electron chi connectivity index (χ4n) is 2.13. The Morgan fingerprint density at radius 2 is 2.04 bits per heavy atom. The summed E-state index contributed by atoms with van der Waals surface area (Å²) < 4.78 is 6.19. The van der Waals surface area contributed by atoms with Crippen LogP contribution in [-0.4, -0.2) is 28.0 Å². The number of ether oxygens (including phenoxy) is 1. The van der Waals surface area contributed by atoms with Crippen molar-refractivity contribution in [1.82, 2.24) is 4.57 Å². The highest BCUT2D eigenvalue weighted by Gasteiger charge is 2.19. The molecule has 0 saturated carbocycles. The summed E-state index contributed by atoms with van der Waals surface area (Å²) in [5.41, 5.74) is 2.38. The minimum Gasteiger partial charge on any atom is -0.451 e.